The van der Waals surface area contributed by atoms with Crippen LogP contribution in [0.3, 0.4) is 0 Å². The number of hydrogen-bond donors (Lipinski definition) is 2. The molecule has 0 aromatic heterocycles. The molecule has 2 heterocycles. The highest BCUT2D eigenvalue weighted by atomic mass is 16.3. The highest BCUT2D eigenvalue weighted by molar-refractivity contribution is 5.83. The number of piperidine rings is 1. The molecule has 2 rings (SSSR count). The van der Waals surface area contributed by atoms with Gasteiger partial charge in [0.2, 0.25) is 11.8 Å². The number of nitrogens with one attached hydrogen (secondary N) is 1. The van der Waals surface area contributed by atoms with E-state index in [1.807, 2.05) is 4.90 Å². The highest BCUT2D eigenvalue weighted by Crippen LogP contribution is 2.23. The van der Waals surface area contributed by atoms with Gasteiger partial charge in [0.15, 0.2) is 0 Å². The summed E-state index contributed by atoms with van der Waals surface area (Å²) in [6, 6.07) is 0. The lowest BCUT2D eigenvalue weighted by molar-refractivity contribution is -0.136. The van der Waals surface area contributed by atoms with Crippen molar-refractivity contribution < 1.29 is 14.7 Å². The summed E-state index contributed by atoms with van der Waals surface area (Å²) >= 11 is 0. The molecule has 0 bridgehead atoms. The standard InChI is InChI=1S/C12H20N2O3/c1-8(15)10-4-5-14(7-10)12(17)9-2-3-11(16)13-6-9/h8-10,15H,2-7H2,1H3,(H,13,16). The molecular formula is C12H20N2O3. The molecule has 0 aliphatic carbocycles. The SMILES string of the molecule is CC(O)C1CCN(C(=O)C2CCC(=O)NC2)C1. The number of hydrogen-bond acceptors (Lipinski definition) is 3. The van der Waals surface area contributed by atoms with Crippen LogP contribution in [-0.4, -0.2) is 47.6 Å². The Labute approximate surface area is 101 Å². The van der Waals surface area contributed by atoms with E-state index in [0.717, 1.165) is 13.0 Å². The van der Waals surface area contributed by atoms with Gasteiger partial charge in [0.05, 0.1) is 12.0 Å². The fourth-order valence-electron chi connectivity index (χ4n) is 2.58. The van der Waals surface area contributed by atoms with Crippen molar-refractivity contribution in [3.8, 4) is 0 Å². The van der Waals surface area contributed by atoms with Crippen molar-refractivity contribution in [1.29, 1.82) is 0 Å². The summed E-state index contributed by atoms with van der Waals surface area (Å²) in [6.45, 7) is 3.63. The van der Waals surface area contributed by atoms with Crippen LogP contribution in [0.4, 0.5) is 0 Å². The van der Waals surface area contributed by atoms with E-state index in [2.05, 4.69) is 5.32 Å². The van der Waals surface area contributed by atoms with Crippen molar-refractivity contribution in [3.63, 3.8) is 0 Å². The van der Waals surface area contributed by atoms with Crippen LogP contribution in [0.15, 0.2) is 0 Å². The summed E-state index contributed by atoms with van der Waals surface area (Å²) in [5.74, 6) is 0.308. The van der Waals surface area contributed by atoms with Gasteiger partial charge in [-0.2, -0.15) is 0 Å². The van der Waals surface area contributed by atoms with Crippen molar-refractivity contribution in [1.82, 2.24) is 10.2 Å². The van der Waals surface area contributed by atoms with Crippen LogP contribution in [0, 0.1) is 11.8 Å². The van der Waals surface area contributed by atoms with Crippen molar-refractivity contribution in [2.75, 3.05) is 19.6 Å². The third kappa shape index (κ3) is 2.77. The quantitative estimate of drug-likeness (QED) is 0.699. The van der Waals surface area contributed by atoms with Gasteiger partial charge in [-0.25, -0.2) is 0 Å². The van der Waals surface area contributed by atoms with Gasteiger partial charge in [-0.15, -0.1) is 0 Å². The number of rotatable bonds is 2. The molecular weight excluding hydrogens is 220 g/mol. The molecule has 0 aromatic carbocycles. The summed E-state index contributed by atoms with van der Waals surface area (Å²) in [5.41, 5.74) is 0. The molecule has 2 N–H and O–H groups in total. The summed E-state index contributed by atoms with van der Waals surface area (Å²) < 4.78 is 0. The molecule has 2 aliphatic rings. The molecule has 0 radical (unpaired) electrons. The average Bonchev–Trinajstić information content (AvgIpc) is 2.78. The zero-order valence-corrected chi connectivity index (χ0v) is 10.2. The summed E-state index contributed by atoms with van der Waals surface area (Å²) in [6.07, 6.45) is 1.63. The Morgan fingerprint density at radius 2 is 2.29 bits per heavy atom. The maximum atomic E-state index is 12.2. The van der Waals surface area contributed by atoms with Crippen LogP contribution in [0.1, 0.15) is 26.2 Å². The Bertz CT molecular complexity index is 307. The van der Waals surface area contributed by atoms with Gasteiger partial charge < -0.3 is 15.3 Å². The first-order chi connectivity index (χ1) is 8.08. The minimum Gasteiger partial charge on any atom is -0.393 e. The fraction of sp³-hybridized carbons (Fsp3) is 0.833. The lowest BCUT2D eigenvalue weighted by Crippen LogP contribution is -2.44. The smallest absolute Gasteiger partial charge is 0.227 e. The molecule has 17 heavy (non-hydrogen) atoms. The van der Waals surface area contributed by atoms with Gasteiger partial charge in [0.1, 0.15) is 0 Å². The maximum Gasteiger partial charge on any atom is 0.227 e. The van der Waals surface area contributed by atoms with E-state index in [1.165, 1.54) is 0 Å². The number of nitrogens with zero attached hydrogens (tertiary/aromatic N) is 1. The Morgan fingerprint density at radius 1 is 1.53 bits per heavy atom. The fourth-order valence-corrected chi connectivity index (χ4v) is 2.58. The average molecular weight is 240 g/mol. The van der Waals surface area contributed by atoms with Crippen LogP contribution in [0.25, 0.3) is 0 Å². The van der Waals surface area contributed by atoms with Crippen molar-refractivity contribution in [2.45, 2.75) is 32.3 Å². The number of carbonyl (C=O) groups excluding carboxylic acids is 2. The molecule has 2 fully saturated rings. The van der Waals surface area contributed by atoms with Crippen molar-refractivity contribution in [3.05, 3.63) is 0 Å². The van der Waals surface area contributed by atoms with Gasteiger partial charge >= 0.3 is 0 Å². The number of amides is 2. The molecule has 5 nitrogen and oxygen atoms in total. The van der Waals surface area contributed by atoms with Crippen LogP contribution >= 0.6 is 0 Å². The lowest BCUT2D eigenvalue weighted by atomic mass is 9.97. The van der Waals surface area contributed by atoms with E-state index >= 15 is 0 Å². The zero-order chi connectivity index (χ0) is 12.4. The van der Waals surface area contributed by atoms with Crippen LogP contribution < -0.4 is 5.32 Å². The van der Waals surface area contributed by atoms with Crippen LogP contribution in [0.2, 0.25) is 0 Å². The summed E-state index contributed by atoms with van der Waals surface area (Å²) in [5, 5.41) is 12.2. The maximum absolute atomic E-state index is 12.2. The molecule has 96 valence electrons. The van der Waals surface area contributed by atoms with Crippen LogP contribution in [-0.2, 0) is 9.59 Å². The number of aliphatic hydroxyl groups excluding tert-OH is 1. The number of likely N-dealkylation sites (tertiary alicyclic amines) is 1. The minimum absolute atomic E-state index is 0.0392. The van der Waals surface area contributed by atoms with E-state index in [9.17, 15) is 14.7 Å². The first-order valence-electron chi connectivity index (χ1n) is 6.31. The van der Waals surface area contributed by atoms with E-state index in [4.69, 9.17) is 0 Å². The second-order valence-electron chi connectivity index (χ2n) is 5.11. The second-order valence-corrected chi connectivity index (χ2v) is 5.11. The number of carbonyl (C=O) groups is 2. The Morgan fingerprint density at radius 3 is 2.82 bits per heavy atom. The molecule has 5 heteroatoms. The summed E-state index contributed by atoms with van der Waals surface area (Å²) in [4.78, 5) is 25.0. The van der Waals surface area contributed by atoms with E-state index in [-0.39, 0.29) is 29.8 Å². The van der Waals surface area contributed by atoms with Gasteiger partial charge in [-0.3, -0.25) is 9.59 Å². The molecule has 2 aliphatic heterocycles. The highest BCUT2D eigenvalue weighted by Gasteiger charge is 2.34. The van der Waals surface area contributed by atoms with Crippen molar-refractivity contribution >= 4 is 11.8 Å². The predicted octanol–water partition coefficient (Wildman–Crippen LogP) is -0.258. The van der Waals surface area contributed by atoms with E-state index < -0.39 is 0 Å². The zero-order valence-electron chi connectivity index (χ0n) is 10.2. The summed E-state index contributed by atoms with van der Waals surface area (Å²) in [7, 11) is 0. The topological polar surface area (TPSA) is 69.6 Å². The Balaban J connectivity index is 1.86. The third-order valence-electron chi connectivity index (χ3n) is 3.83. The molecule has 0 aromatic rings. The van der Waals surface area contributed by atoms with Gasteiger partial charge in [0, 0.05) is 32.0 Å². The normalized spacial score (nSPS) is 31.2. The first kappa shape index (κ1) is 12.4. The Hall–Kier alpha value is -1.10. The lowest BCUT2D eigenvalue weighted by Gasteiger charge is -2.26. The molecule has 3 atom stereocenters. The Kier molecular flexibility index (Phi) is 3.66. The monoisotopic (exact) mass is 240 g/mol. The predicted molar refractivity (Wildman–Crippen MR) is 62.1 cm³/mol. The van der Waals surface area contributed by atoms with E-state index in [0.29, 0.717) is 25.9 Å². The molecule has 2 amide bonds. The molecule has 2 saturated heterocycles. The molecule has 0 spiro atoms. The third-order valence-corrected chi connectivity index (χ3v) is 3.83. The van der Waals surface area contributed by atoms with Gasteiger partial charge in [0.25, 0.3) is 0 Å². The first-order valence-corrected chi connectivity index (χ1v) is 6.31. The van der Waals surface area contributed by atoms with E-state index in [1.54, 1.807) is 6.92 Å². The number of aliphatic hydroxyl groups is 1. The second kappa shape index (κ2) is 5.04. The minimum atomic E-state index is -0.348. The molecule has 0 saturated carbocycles. The largest absolute Gasteiger partial charge is 0.393 e. The van der Waals surface area contributed by atoms with Gasteiger partial charge in [-0.05, 0) is 19.8 Å². The van der Waals surface area contributed by atoms with Crippen molar-refractivity contribution in [2.24, 2.45) is 11.8 Å². The van der Waals surface area contributed by atoms with Crippen LogP contribution in [0.5, 0.6) is 0 Å². The molecule has 3 unspecified atom stereocenters. The van der Waals surface area contributed by atoms with Gasteiger partial charge in [-0.1, -0.05) is 0 Å².